The number of hydrogen-bond donors (Lipinski definition) is 1. The minimum atomic E-state index is -0.586. The van der Waals surface area contributed by atoms with E-state index in [1.54, 1.807) is 12.1 Å². The van der Waals surface area contributed by atoms with Crippen LogP contribution < -0.4 is 14.8 Å². The molecule has 0 saturated heterocycles. The highest BCUT2D eigenvalue weighted by molar-refractivity contribution is 7.10. The van der Waals surface area contributed by atoms with E-state index in [4.69, 9.17) is 14.2 Å². The number of carbonyl (C=O) groups excluding carboxylic acids is 3. The van der Waals surface area contributed by atoms with Gasteiger partial charge >= 0.3 is 5.97 Å². The first-order valence-electron chi connectivity index (χ1n) is 8.16. The van der Waals surface area contributed by atoms with Crippen molar-refractivity contribution in [3.63, 3.8) is 0 Å². The van der Waals surface area contributed by atoms with Gasteiger partial charge in [0.2, 0.25) is 11.7 Å². The molecule has 144 valence electrons. The number of ether oxygens (including phenoxy) is 3. The smallest absolute Gasteiger partial charge is 0.308 e. The zero-order chi connectivity index (χ0) is 19.8. The molecule has 27 heavy (non-hydrogen) atoms. The summed E-state index contributed by atoms with van der Waals surface area (Å²) in [4.78, 5) is 36.8. The molecule has 1 N–H and O–H groups in total. The Hall–Kier alpha value is -2.87. The van der Waals surface area contributed by atoms with Gasteiger partial charge < -0.3 is 19.5 Å². The largest absolute Gasteiger partial charge is 0.497 e. The maximum absolute atomic E-state index is 12.4. The molecule has 8 heteroatoms. The van der Waals surface area contributed by atoms with Gasteiger partial charge in [-0.05, 0) is 29.6 Å². The van der Waals surface area contributed by atoms with E-state index >= 15 is 0 Å². The second-order valence-corrected chi connectivity index (χ2v) is 6.60. The Kier molecular flexibility index (Phi) is 7.36. The van der Waals surface area contributed by atoms with E-state index < -0.39 is 24.4 Å². The molecular weight excluding hydrogens is 370 g/mol. The molecule has 0 aliphatic rings. The van der Waals surface area contributed by atoms with Crippen LogP contribution in [0.2, 0.25) is 0 Å². The van der Waals surface area contributed by atoms with Crippen molar-refractivity contribution in [2.24, 2.45) is 0 Å². The Morgan fingerprint density at radius 2 is 1.93 bits per heavy atom. The lowest BCUT2D eigenvalue weighted by molar-refractivity contribution is -0.143. The minimum absolute atomic E-state index is 0.0668. The first-order chi connectivity index (χ1) is 12.9. The van der Waals surface area contributed by atoms with Crippen LogP contribution in [-0.4, -0.2) is 38.5 Å². The summed E-state index contributed by atoms with van der Waals surface area (Å²) in [5, 5.41) is 4.57. The van der Waals surface area contributed by atoms with Crippen LogP contribution in [0.25, 0.3) is 0 Å². The average Bonchev–Trinajstić information content (AvgIpc) is 3.19. The number of hydrogen-bond acceptors (Lipinski definition) is 7. The first kappa shape index (κ1) is 20.4. The Bertz CT molecular complexity index is 803. The molecule has 0 aliphatic heterocycles. The average molecular weight is 391 g/mol. The van der Waals surface area contributed by atoms with Gasteiger partial charge in [-0.3, -0.25) is 14.4 Å². The van der Waals surface area contributed by atoms with E-state index in [-0.39, 0.29) is 17.9 Å². The molecule has 0 aliphatic carbocycles. The van der Waals surface area contributed by atoms with Crippen molar-refractivity contribution in [2.45, 2.75) is 19.4 Å². The number of methoxy groups -OCH3 is 2. The number of esters is 1. The molecule has 0 bridgehead atoms. The van der Waals surface area contributed by atoms with Crippen molar-refractivity contribution in [1.29, 1.82) is 0 Å². The van der Waals surface area contributed by atoms with Gasteiger partial charge in [0, 0.05) is 11.8 Å². The Morgan fingerprint density at radius 3 is 2.52 bits per heavy atom. The van der Waals surface area contributed by atoms with Crippen molar-refractivity contribution in [3.05, 3.63) is 46.2 Å². The third-order valence-corrected chi connectivity index (χ3v) is 4.69. The number of thiophene rings is 1. The number of amides is 1. The van der Waals surface area contributed by atoms with E-state index in [0.29, 0.717) is 11.5 Å². The molecule has 1 atom stereocenters. The van der Waals surface area contributed by atoms with Crippen LogP contribution in [0.1, 0.15) is 34.6 Å². The summed E-state index contributed by atoms with van der Waals surface area (Å²) in [6.07, 6.45) is -0.0668. The molecule has 0 saturated carbocycles. The van der Waals surface area contributed by atoms with Crippen LogP contribution in [-0.2, 0) is 14.3 Å². The normalized spacial score (nSPS) is 11.4. The summed E-state index contributed by atoms with van der Waals surface area (Å²) in [6.45, 7) is 0.949. The maximum atomic E-state index is 12.4. The zero-order valence-corrected chi connectivity index (χ0v) is 16.1. The predicted octanol–water partition coefficient (Wildman–Crippen LogP) is 2.76. The van der Waals surface area contributed by atoms with Gasteiger partial charge in [-0.1, -0.05) is 6.07 Å². The fourth-order valence-electron chi connectivity index (χ4n) is 2.44. The lowest BCUT2D eigenvalue weighted by Crippen LogP contribution is -2.28. The predicted molar refractivity (Wildman–Crippen MR) is 100 cm³/mol. The molecular formula is C19H21NO6S. The fraction of sp³-hybridized carbons (Fsp3) is 0.316. The number of benzene rings is 1. The molecule has 0 radical (unpaired) electrons. The third-order valence-electron chi connectivity index (χ3n) is 3.71. The lowest BCUT2D eigenvalue weighted by atomic mass is 10.1. The highest BCUT2D eigenvalue weighted by Gasteiger charge is 2.21. The number of carbonyl (C=O) groups is 3. The summed E-state index contributed by atoms with van der Waals surface area (Å²) in [6, 6.07) is 7.97. The Labute approximate surface area is 161 Å². The molecule has 1 aromatic heterocycles. The number of Topliss-reactive ketones (excluding diaryl/α,β-unsaturated/α-hetero) is 1. The second kappa shape index (κ2) is 9.72. The summed E-state index contributed by atoms with van der Waals surface area (Å²) >= 11 is 1.43. The Morgan fingerprint density at radius 1 is 1.15 bits per heavy atom. The zero-order valence-electron chi connectivity index (χ0n) is 15.3. The molecule has 2 aromatic rings. The van der Waals surface area contributed by atoms with Gasteiger partial charge in [0.05, 0.1) is 32.2 Å². The SMILES string of the molecule is COc1ccc(OC)c(C(=O)COC(=O)CC(NC(C)=O)c2cccs2)c1. The molecule has 2 rings (SSSR count). The van der Waals surface area contributed by atoms with Crippen molar-refractivity contribution >= 4 is 29.0 Å². The highest BCUT2D eigenvalue weighted by atomic mass is 32.1. The maximum Gasteiger partial charge on any atom is 0.308 e. The summed E-state index contributed by atoms with van der Waals surface area (Å²) in [5.41, 5.74) is 0.265. The minimum Gasteiger partial charge on any atom is -0.497 e. The second-order valence-electron chi connectivity index (χ2n) is 5.62. The molecule has 7 nitrogen and oxygen atoms in total. The van der Waals surface area contributed by atoms with Gasteiger partial charge in [-0.2, -0.15) is 0 Å². The van der Waals surface area contributed by atoms with Crippen LogP contribution in [0.3, 0.4) is 0 Å². The van der Waals surface area contributed by atoms with Crippen molar-refractivity contribution < 1.29 is 28.6 Å². The molecule has 1 heterocycles. The molecule has 1 aromatic carbocycles. The number of rotatable bonds is 9. The van der Waals surface area contributed by atoms with E-state index in [9.17, 15) is 14.4 Å². The third kappa shape index (κ3) is 5.82. The van der Waals surface area contributed by atoms with Gasteiger partial charge in [0.25, 0.3) is 0 Å². The molecule has 1 unspecified atom stereocenters. The van der Waals surface area contributed by atoms with Crippen LogP contribution in [0.4, 0.5) is 0 Å². The summed E-state index contributed by atoms with van der Waals surface area (Å²) in [7, 11) is 2.94. The lowest BCUT2D eigenvalue weighted by Gasteiger charge is -2.16. The fourth-order valence-corrected chi connectivity index (χ4v) is 3.22. The van der Waals surface area contributed by atoms with Crippen LogP contribution in [0.5, 0.6) is 11.5 Å². The standard InChI is InChI=1S/C19H21NO6S/c1-12(21)20-15(18-5-4-8-27-18)10-19(23)26-11-16(22)14-9-13(24-2)6-7-17(14)25-3/h4-9,15H,10-11H2,1-3H3,(H,20,21). The van der Waals surface area contributed by atoms with Gasteiger partial charge in [-0.15, -0.1) is 11.3 Å². The monoisotopic (exact) mass is 391 g/mol. The number of nitrogens with one attached hydrogen (secondary N) is 1. The Balaban J connectivity index is 2.00. The molecule has 1 amide bonds. The van der Waals surface area contributed by atoms with Crippen LogP contribution in [0, 0.1) is 0 Å². The van der Waals surface area contributed by atoms with Gasteiger partial charge in [0.1, 0.15) is 11.5 Å². The van der Waals surface area contributed by atoms with E-state index in [0.717, 1.165) is 4.88 Å². The first-order valence-corrected chi connectivity index (χ1v) is 9.04. The topological polar surface area (TPSA) is 90.9 Å². The van der Waals surface area contributed by atoms with Gasteiger partial charge in [-0.25, -0.2) is 0 Å². The summed E-state index contributed by atoms with van der Waals surface area (Å²) in [5.74, 6) is -0.387. The van der Waals surface area contributed by atoms with Crippen LogP contribution >= 0.6 is 11.3 Å². The summed E-state index contributed by atoms with van der Waals surface area (Å²) < 4.78 is 15.4. The van der Waals surface area contributed by atoms with Crippen molar-refractivity contribution in [3.8, 4) is 11.5 Å². The van der Waals surface area contributed by atoms with E-state index in [1.807, 2.05) is 17.5 Å². The van der Waals surface area contributed by atoms with Crippen molar-refractivity contribution in [1.82, 2.24) is 5.32 Å². The molecule has 0 fully saturated rings. The van der Waals surface area contributed by atoms with E-state index in [2.05, 4.69) is 5.32 Å². The highest BCUT2D eigenvalue weighted by Crippen LogP contribution is 2.25. The van der Waals surface area contributed by atoms with Gasteiger partial charge in [0.15, 0.2) is 6.61 Å². The van der Waals surface area contributed by atoms with Crippen molar-refractivity contribution in [2.75, 3.05) is 20.8 Å². The number of ketones is 1. The van der Waals surface area contributed by atoms with E-state index in [1.165, 1.54) is 38.5 Å². The molecule has 0 spiro atoms. The quantitative estimate of drug-likeness (QED) is 0.522. The van der Waals surface area contributed by atoms with Crippen LogP contribution in [0.15, 0.2) is 35.7 Å².